The zero-order valence-electron chi connectivity index (χ0n) is 11.3. The molecule has 1 atom stereocenters. The van der Waals surface area contributed by atoms with E-state index in [1.54, 1.807) is 0 Å². The maximum absolute atomic E-state index is 6.17. The number of aliphatic imine (C=N–C) groups is 2. The topological polar surface area (TPSA) is 102 Å². The number of nitrogens with two attached hydrogens (primary N) is 2. The Morgan fingerprint density at radius 1 is 1.38 bits per heavy atom. The minimum atomic E-state index is -1.34. The summed E-state index contributed by atoms with van der Waals surface area (Å²) in [6.07, 6.45) is 0. The molecule has 0 bridgehead atoms. The number of halogens is 1. The van der Waals surface area contributed by atoms with E-state index in [9.17, 15) is 0 Å². The van der Waals surface area contributed by atoms with Gasteiger partial charge in [0.15, 0.2) is 5.11 Å². The second-order valence-electron chi connectivity index (χ2n) is 4.25. The second kappa shape index (κ2) is 6.36. The molecule has 21 heavy (non-hydrogen) atoms. The molecule has 0 radical (unpaired) electrons. The fourth-order valence-electron chi connectivity index (χ4n) is 2.21. The first kappa shape index (κ1) is 16.3. The Kier molecular flexibility index (Phi) is 4.94. The van der Waals surface area contributed by atoms with Crippen LogP contribution in [0.5, 0.6) is 0 Å². The Morgan fingerprint density at radius 2 is 2.00 bits per heavy atom. The van der Waals surface area contributed by atoms with Crippen LogP contribution in [-0.4, -0.2) is 70.4 Å². The lowest BCUT2D eigenvalue weighted by atomic mass is 10.2. The summed E-state index contributed by atoms with van der Waals surface area (Å²) in [5.74, 6) is -1.34. The monoisotopic (exact) mass is 350 g/mol. The average Bonchev–Trinajstić information content (AvgIpc) is 2.46. The van der Waals surface area contributed by atoms with Gasteiger partial charge in [0.05, 0.1) is 20.3 Å². The molecule has 2 aliphatic heterocycles. The largest absolute Gasteiger partial charge is 0.467 e. The van der Waals surface area contributed by atoms with Crippen molar-refractivity contribution in [2.24, 2.45) is 21.5 Å². The number of rotatable bonds is 2. The summed E-state index contributed by atoms with van der Waals surface area (Å²) >= 11 is 16.5. The van der Waals surface area contributed by atoms with Crippen LogP contribution in [0.15, 0.2) is 9.98 Å². The summed E-state index contributed by atoms with van der Waals surface area (Å²) < 4.78 is 10.4. The molecule has 2 rings (SSSR count). The Labute approximate surface area is 137 Å². The van der Waals surface area contributed by atoms with E-state index in [0.29, 0.717) is 26.3 Å². The standard InChI is InChI=1S/C10H15ClN6O2S2/c1-18-9-14-7(11)17(8(13)21)10(15-9,6(12)20)16-2-4-19-5-3-16/h2-5H2,1H3,(H2,12,20)(H2,13,21). The van der Waals surface area contributed by atoms with Gasteiger partial charge in [0.25, 0.3) is 5.79 Å². The highest BCUT2D eigenvalue weighted by Gasteiger charge is 2.51. The highest BCUT2D eigenvalue weighted by atomic mass is 35.5. The summed E-state index contributed by atoms with van der Waals surface area (Å²) in [6, 6.07) is 0.0480. The smallest absolute Gasteiger partial charge is 0.318 e. The number of hydrogen-bond donors (Lipinski definition) is 2. The summed E-state index contributed by atoms with van der Waals surface area (Å²) in [4.78, 5) is 11.6. The molecule has 2 heterocycles. The molecule has 0 aromatic heterocycles. The first-order valence-electron chi connectivity index (χ1n) is 6.04. The lowest BCUT2D eigenvalue weighted by Gasteiger charge is -2.48. The molecular formula is C10H15ClN6O2S2. The third kappa shape index (κ3) is 2.81. The van der Waals surface area contributed by atoms with Crippen molar-refractivity contribution in [1.82, 2.24) is 9.80 Å². The van der Waals surface area contributed by atoms with Crippen molar-refractivity contribution >= 4 is 57.5 Å². The van der Waals surface area contributed by atoms with Crippen LogP contribution in [-0.2, 0) is 9.47 Å². The van der Waals surface area contributed by atoms with Gasteiger partial charge in [-0.25, -0.2) is 4.90 Å². The van der Waals surface area contributed by atoms with Crippen LogP contribution in [0.3, 0.4) is 0 Å². The van der Waals surface area contributed by atoms with E-state index in [0.717, 1.165) is 0 Å². The van der Waals surface area contributed by atoms with E-state index in [2.05, 4.69) is 9.98 Å². The molecule has 0 spiro atoms. The molecule has 0 aromatic rings. The van der Waals surface area contributed by atoms with Crippen LogP contribution >= 0.6 is 36.0 Å². The van der Waals surface area contributed by atoms with E-state index >= 15 is 0 Å². The molecule has 8 nitrogen and oxygen atoms in total. The Bertz CT molecular complexity index is 522. The zero-order valence-corrected chi connectivity index (χ0v) is 13.7. The molecule has 1 unspecified atom stereocenters. The maximum Gasteiger partial charge on any atom is 0.318 e. The van der Waals surface area contributed by atoms with E-state index in [1.807, 2.05) is 4.90 Å². The minimum absolute atomic E-state index is 0.00589. The summed E-state index contributed by atoms with van der Waals surface area (Å²) in [6.45, 7) is 2.06. The summed E-state index contributed by atoms with van der Waals surface area (Å²) in [7, 11) is 1.42. The van der Waals surface area contributed by atoms with Gasteiger partial charge in [0.1, 0.15) is 4.99 Å². The lowest BCUT2D eigenvalue weighted by molar-refractivity contribution is -0.0228. The van der Waals surface area contributed by atoms with Gasteiger partial charge in [-0.1, -0.05) is 12.2 Å². The Balaban J connectivity index is 2.57. The average molecular weight is 351 g/mol. The van der Waals surface area contributed by atoms with Crippen molar-refractivity contribution in [3.63, 3.8) is 0 Å². The molecule has 4 N–H and O–H groups in total. The normalized spacial score (nSPS) is 26.9. The number of nitrogens with zero attached hydrogens (tertiary/aromatic N) is 4. The molecule has 116 valence electrons. The van der Waals surface area contributed by atoms with Crippen molar-refractivity contribution in [3.8, 4) is 0 Å². The van der Waals surface area contributed by atoms with Crippen LogP contribution in [0, 0.1) is 0 Å². The lowest BCUT2D eigenvalue weighted by Crippen LogP contribution is -2.71. The van der Waals surface area contributed by atoms with Gasteiger partial charge in [0.2, 0.25) is 5.29 Å². The van der Waals surface area contributed by atoms with Crippen molar-refractivity contribution in [3.05, 3.63) is 0 Å². The van der Waals surface area contributed by atoms with Crippen LogP contribution < -0.4 is 11.5 Å². The van der Waals surface area contributed by atoms with Gasteiger partial charge in [-0.2, -0.15) is 9.98 Å². The van der Waals surface area contributed by atoms with Crippen molar-refractivity contribution in [2.75, 3.05) is 33.4 Å². The Hall–Kier alpha value is -1.07. The van der Waals surface area contributed by atoms with E-state index in [1.165, 1.54) is 12.0 Å². The van der Waals surface area contributed by atoms with E-state index in [-0.39, 0.29) is 21.4 Å². The molecule has 1 saturated heterocycles. The molecule has 0 aliphatic carbocycles. The first-order valence-corrected chi connectivity index (χ1v) is 7.23. The molecular weight excluding hydrogens is 336 g/mol. The molecule has 0 amide bonds. The van der Waals surface area contributed by atoms with Gasteiger partial charge < -0.3 is 20.9 Å². The number of thiocarbonyl (C=S) groups is 2. The Morgan fingerprint density at radius 3 is 2.48 bits per heavy atom. The third-order valence-electron chi connectivity index (χ3n) is 3.12. The third-order valence-corrected chi connectivity index (χ3v) is 3.83. The zero-order chi connectivity index (χ0) is 15.6. The van der Waals surface area contributed by atoms with E-state index < -0.39 is 5.79 Å². The highest BCUT2D eigenvalue weighted by molar-refractivity contribution is 7.80. The fourth-order valence-corrected chi connectivity index (χ4v) is 3.02. The highest BCUT2D eigenvalue weighted by Crippen LogP contribution is 2.29. The maximum atomic E-state index is 6.17. The van der Waals surface area contributed by atoms with Crippen LogP contribution in [0.2, 0.25) is 0 Å². The second-order valence-corrected chi connectivity index (χ2v) is 5.45. The van der Waals surface area contributed by atoms with Gasteiger partial charge in [0, 0.05) is 13.1 Å². The van der Waals surface area contributed by atoms with Gasteiger partial charge in [-0.05, 0) is 23.8 Å². The van der Waals surface area contributed by atoms with Crippen molar-refractivity contribution < 1.29 is 9.47 Å². The number of morpholine rings is 1. The number of ether oxygens (including phenoxy) is 2. The van der Waals surface area contributed by atoms with Crippen LogP contribution in [0.4, 0.5) is 0 Å². The predicted octanol–water partition coefficient (Wildman–Crippen LogP) is -0.585. The summed E-state index contributed by atoms with van der Waals surface area (Å²) in [5, 5.41) is -0.0458. The molecule has 11 heteroatoms. The molecule has 1 fully saturated rings. The van der Waals surface area contributed by atoms with Crippen molar-refractivity contribution in [1.29, 1.82) is 0 Å². The molecule has 0 aromatic carbocycles. The van der Waals surface area contributed by atoms with Crippen molar-refractivity contribution in [2.45, 2.75) is 5.79 Å². The number of methoxy groups -OCH3 is 1. The molecule has 2 aliphatic rings. The number of amidine groups is 2. The van der Waals surface area contributed by atoms with Crippen LogP contribution in [0.25, 0.3) is 0 Å². The quantitative estimate of drug-likeness (QED) is 0.503. The van der Waals surface area contributed by atoms with Gasteiger partial charge in [-0.3, -0.25) is 4.90 Å². The van der Waals surface area contributed by atoms with Gasteiger partial charge in [-0.15, -0.1) is 0 Å². The SMILES string of the molecule is COC1=NC(C(N)=S)(N2CCOCC2)N(C(N)=S)C(Cl)=N1. The van der Waals surface area contributed by atoms with E-state index in [4.69, 9.17) is 57.0 Å². The first-order chi connectivity index (χ1) is 9.93. The predicted molar refractivity (Wildman–Crippen MR) is 88.3 cm³/mol. The number of hydrogen-bond acceptors (Lipinski definition) is 7. The fraction of sp³-hybridized carbons (Fsp3) is 0.600. The van der Waals surface area contributed by atoms with Crippen LogP contribution in [0.1, 0.15) is 0 Å². The molecule has 0 saturated carbocycles. The summed E-state index contributed by atoms with van der Waals surface area (Å²) in [5.41, 5.74) is 11.7. The minimum Gasteiger partial charge on any atom is -0.467 e. The van der Waals surface area contributed by atoms with Gasteiger partial charge >= 0.3 is 6.02 Å².